The molecule has 0 spiro atoms. The SMILES string of the molecule is C=CCO[C@@H]1CCN(S(=O)(=O)Cc2noc3ccccc23)C1. The van der Waals surface area contributed by atoms with Gasteiger partial charge in [0.1, 0.15) is 11.4 Å². The van der Waals surface area contributed by atoms with Gasteiger partial charge in [0.15, 0.2) is 5.58 Å². The molecule has 2 aromatic rings. The summed E-state index contributed by atoms with van der Waals surface area (Å²) in [7, 11) is -3.43. The van der Waals surface area contributed by atoms with E-state index in [4.69, 9.17) is 9.26 Å². The molecule has 0 saturated carbocycles. The van der Waals surface area contributed by atoms with Gasteiger partial charge in [-0.1, -0.05) is 23.4 Å². The Kier molecular flexibility index (Phi) is 4.28. The monoisotopic (exact) mass is 322 g/mol. The highest BCUT2D eigenvalue weighted by molar-refractivity contribution is 7.88. The highest BCUT2D eigenvalue weighted by Crippen LogP contribution is 2.23. The molecule has 1 aromatic heterocycles. The van der Waals surface area contributed by atoms with Crippen LogP contribution in [0.25, 0.3) is 11.0 Å². The first-order valence-electron chi connectivity index (χ1n) is 7.14. The van der Waals surface area contributed by atoms with Gasteiger partial charge in [-0.15, -0.1) is 6.58 Å². The number of nitrogens with zero attached hydrogens (tertiary/aromatic N) is 2. The van der Waals surface area contributed by atoms with E-state index >= 15 is 0 Å². The van der Waals surface area contributed by atoms with Crippen LogP contribution in [0.3, 0.4) is 0 Å². The van der Waals surface area contributed by atoms with Gasteiger partial charge in [0.05, 0.1) is 12.7 Å². The molecule has 22 heavy (non-hydrogen) atoms. The minimum absolute atomic E-state index is 0.0678. The lowest BCUT2D eigenvalue weighted by Gasteiger charge is -2.15. The van der Waals surface area contributed by atoms with E-state index in [0.29, 0.717) is 37.4 Å². The van der Waals surface area contributed by atoms with Crippen molar-refractivity contribution in [2.45, 2.75) is 18.3 Å². The van der Waals surface area contributed by atoms with E-state index in [1.165, 1.54) is 4.31 Å². The Balaban J connectivity index is 1.73. The van der Waals surface area contributed by atoms with Crippen LogP contribution in [0.4, 0.5) is 0 Å². The fourth-order valence-corrected chi connectivity index (χ4v) is 4.11. The number of ether oxygens (including phenoxy) is 1. The first-order chi connectivity index (χ1) is 10.6. The first kappa shape index (κ1) is 15.2. The van der Waals surface area contributed by atoms with Gasteiger partial charge in [-0.05, 0) is 18.6 Å². The van der Waals surface area contributed by atoms with Crippen LogP contribution in [0.15, 0.2) is 41.4 Å². The zero-order valence-electron chi connectivity index (χ0n) is 12.1. The van der Waals surface area contributed by atoms with Crippen LogP contribution in [0.2, 0.25) is 0 Å². The van der Waals surface area contributed by atoms with Crippen molar-refractivity contribution in [3.63, 3.8) is 0 Å². The van der Waals surface area contributed by atoms with E-state index in [1.807, 2.05) is 18.2 Å². The molecule has 0 bridgehead atoms. The number of para-hydroxylation sites is 1. The summed E-state index contributed by atoms with van der Waals surface area (Å²) in [5.41, 5.74) is 1.05. The highest BCUT2D eigenvalue weighted by Gasteiger charge is 2.32. The molecule has 2 heterocycles. The number of hydrogen-bond acceptors (Lipinski definition) is 5. The lowest BCUT2D eigenvalue weighted by molar-refractivity contribution is 0.0856. The molecule has 0 radical (unpaired) electrons. The Morgan fingerprint density at radius 3 is 3.09 bits per heavy atom. The van der Waals surface area contributed by atoms with Crippen LogP contribution < -0.4 is 0 Å². The summed E-state index contributed by atoms with van der Waals surface area (Å²) in [6.07, 6.45) is 2.30. The normalized spacial score (nSPS) is 19.7. The number of rotatable bonds is 6. The van der Waals surface area contributed by atoms with Crippen molar-refractivity contribution in [1.29, 1.82) is 0 Å². The molecule has 1 saturated heterocycles. The van der Waals surface area contributed by atoms with E-state index < -0.39 is 10.0 Å². The topological polar surface area (TPSA) is 72.6 Å². The van der Waals surface area contributed by atoms with Crippen molar-refractivity contribution in [2.75, 3.05) is 19.7 Å². The summed E-state index contributed by atoms with van der Waals surface area (Å²) in [6.45, 7) is 4.88. The van der Waals surface area contributed by atoms with Crippen LogP contribution in [0.5, 0.6) is 0 Å². The zero-order valence-corrected chi connectivity index (χ0v) is 13.0. The Labute approximate surface area is 129 Å². The summed E-state index contributed by atoms with van der Waals surface area (Å²) in [4.78, 5) is 0. The predicted molar refractivity (Wildman–Crippen MR) is 82.8 cm³/mol. The highest BCUT2D eigenvalue weighted by atomic mass is 32.2. The Hall–Kier alpha value is -1.70. The van der Waals surface area contributed by atoms with Gasteiger partial charge in [0, 0.05) is 18.5 Å². The standard InChI is InChI=1S/C15H18N2O4S/c1-2-9-20-12-7-8-17(10-12)22(18,19)11-14-13-5-3-4-6-15(13)21-16-14/h2-6,12H,1,7-11H2/t12-/m1/s1. The molecule has 1 fully saturated rings. The van der Waals surface area contributed by atoms with Gasteiger partial charge < -0.3 is 9.26 Å². The molecular weight excluding hydrogens is 304 g/mol. The lowest BCUT2D eigenvalue weighted by Crippen LogP contribution is -2.31. The summed E-state index contributed by atoms with van der Waals surface area (Å²) in [5.74, 6) is -0.155. The summed E-state index contributed by atoms with van der Waals surface area (Å²) in [6, 6.07) is 7.25. The second kappa shape index (κ2) is 6.20. The average molecular weight is 322 g/mol. The second-order valence-electron chi connectivity index (χ2n) is 5.27. The van der Waals surface area contributed by atoms with Crippen molar-refractivity contribution in [2.24, 2.45) is 0 Å². The molecule has 3 rings (SSSR count). The molecule has 1 atom stereocenters. The maximum atomic E-state index is 12.5. The quantitative estimate of drug-likeness (QED) is 0.760. The van der Waals surface area contributed by atoms with Gasteiger partial charge in [0.2, 0.25) is 10.0 Å². The maximum absolute atomic E-state index is 12.5. The number of hydrogen-bond donors (Lipinski definition) is 0. The van der Waals surface area contributed by atoms with Crippen LogP contribution >= 0.6 is 0 Å². The fourth-order valence-electron chi connectivity index (χ4n) is 2.60. The van der Waals surface area contributed by atoms with E-state index in [9.17, 15) is 8.42 Å². The molecule has 7 heteroatoms. The number of sulfonamides is 1. The van der Waals surface area contributed by atoms with Crippen LogP contribution in [0.1, 0.15) is 12.1 Å². The van der Waals surface area contributed by atoms with E-state index in [0.717, 1.165) is 5.39 Å². The van der Waals surface area contributed by atoms with Crippen LogP contribution in [0, 0.1) is 0 Å². The Morgan fingerprint density at radius 1 is 1.45 bits per heavy atom. The molecule has 1 aliphatic heterocycles. The first-order valence-corrected chi connectivity index (χ1v) is 8.74. The van der Waals surface area contributed by atoms with Crippen molar-refractivity contribution >= 4 is 21.0 Å². The predicted octanol–water partition coefficient (Wildman–Crippen LogP) is 1.93. The van der Waals surface area contributed by atoms with Gasteiger partial charge in [0.25, 0.3) is 0 Å². The largest absolute Gasteiger partial charge is 0.373 e. The van der Waals surface area contributed by atoms with Crippen molar-refractivity contribution in [3.05, 3.63) is 42.6 Å². The molecular formula is C15H18N2O4S. The number of aromatic nitrogens is 1. The van der Waals surface area contributed by atoms with E-state index in [2.05, 4.69) is 11.7 Å². The minimum Gasteiger partial charge on any atom is -0.373 e. The smallest absolute Gasteiger partial charge is 0.220 e. The second-order valence-corrected chi connectivity index (χ2v) is 7.24. The Morgan fingerprint density at radius 2 is 2.27 bits per heavy atom. The van der Waals surface area contributed by atoms with Crippen LogP contribution in [-0.4, -0.2) is 43.7 Å². The van der Waals surface area contributed by atoms with Crippen LogP contribution in [-0.2, 0) is 20.5 Å². The molecule has 1 aromatic carbocycles. The Bertz CT molecular complexity index is 769. The van der Waals surface area contributed by atoms with Gasteiger partial charge in [-0.2, -0.15) is 4.31 Å². The summed E-state index contributed by atoms with van der Waals surface area (Å²) < 4.78 is 37.2. The summed E-state index contributed by atoms with van der Waals surface area (Å²) >= 11 is 0. The van der Waals surface area contributed by atoms with E-state index in [-0.39, 0.29) is 11.9 Å². The molecule has 118 valence electrons. The van der Waals surface area contributed by atoms with Crippen molar-refractivity contribution in [1.82, 2.24) is 9.46 Å². The zero-order chi connectivity index (χ0) is 15.6. The fraction of sp³-hybridized carbons (Fsp3) is 0.400. The lowest BCUT2D eigenvalue weighted by atomic mass is 10.2. The molecule has 0 unspecified atom stereocenters. The van der Waals surface area contributed by atoms with Crippen molar-refractivity contribution < 1.29 is 17.7 Å². The maximum Gasteiger partial charge on any atom is 0.220 e. The summed E-state index contributed by atoms with van der Waals surface area (Å²) in [5, 5.41) is 4.64. The van der Waals surface area contributed by atoms with Gasteiger partial charge >= 0.3 is 0 Å². The van der Waals surface area contributed by atoms with Gasteiger partial charge in [-0.3, -0.25) is 0 Å². The number of benzene rings is 1. The van der Waals surface area contributed by atoms with E-state index in [1.54, 1.807) is 12.1 Å². The molecule has 6 nitrogen and oxygen atoms in total. The third kappa shape index (κ3) is 3.06. The third-order valence-corrected chi connectivity index (χ3v) is 5.48. The third-order valence-electron chi connectivity index (χ3n) is 3.72. The minimum atomic E-state index is -3.43. The average Bonchev–Trinajstić information content (AvgIpc) is 3.13. The molecule has 0 N–H and O–H groups in total. The molecule has 0 amide bonds. The molecule has 0 aliphatic carbocycles. The molecule has 1 aliphatic rings. The van der Waals surface area contributed by atoms with Crippen molar-refractivity contribution in [3.8, 4) is 0 Å². The number of fused-ring (bicyclic) bond motifs is 1. The van der Waals surface area contributed by atoms with Gasteiger partial charge in [-0.25, -0.2) is 8.42 Å².